The molecule has 104 valence electrons. The standard InChI is InChI=1S/C14H16FNO2.ClH/c15-11-5-9-2-4-18-14(9)13(6-11)12-1-3-16-7-10(12)8-17;/h2,4-6,10,12,16-17H,1,3,7-8H2;1H/t10-,12-;/m1./s1. The van der Waals surface area contributed by atoms with E-state index in [0.29, 0.717) is 0 Å². The van der Waals surface area contributed by atoms with Crippen LogP contribution in [0.2, 0.25) is 0 Å². The van der Waals surface area contributed by atoms with Gasteiger partial charge in [-0.05, 0) is 37.1 Å². The van der Waals surface area contributed by atoms with Gasteiger partial charge in [0.05, 0.1) is 6.26 Å². The van der Waals surface area contributed by atoms with E-state index in [1.807, 2.05) is 0 Å². The summed E-state index contributed by atoms with van der Waals surface area (Å²) in [5.41, 5.74) is 1.64. The van der Waals surface area contributed by atoms with Crippen LogP contribution >= 0.6 is 12.4 Å². The first-order chi connectivity index (χ1) is 8.79. The summed E-state index contributed by atoms with van der Waals surface area (Å²) in [7, 11) is 0. The van der Waals surface area contributed by atoms with Crippen LogP contribution in [0.4, 0.5) is 4.39 Å². The minimum absolute atomic E-state index is 0. The van der Waals surface area contributed by atoms with Gasteiger partial charge in [-0.3, -0.25) is 0 Å². The van der Waals surface area contributed by atoms with Crippen molar-refractivity contribution >= 4 is 23.4 Å². The SMILES string of the molecule is Cl.OC[C@H]1CNCC[C@H]1c1cc(F)cc2ccoc12. The highest BCUT2D eigenvalue weighted by Crippen LogP contribution is 2.35. The Hall–Kier alpha value is -1.10. The zero-order chi connectivity index (χ0) is 12.5. The van der Waals surface area contributed by atoms with E-state index in [0.717, 1.165) is 36.0 Å². The first kappa shape index (κ1) is 14.3. The molecule has 2 aromatic rings. The van der Waals surface area contributed by atoms with E-state index in [1.165, 1.54) is 6.07 Å². The molecule has 2 heterocycles. The molecule has 0 spiro atoms. The van der Waals surface area contributed by atoms with Crippen molar-refractivity contribution in [3.8, 4) is 0 Å². The molecule has 1 aromatic heterocycles. The summed E-state index contributed by atoms with van der Waals surface area (Å²) >= 11 is 0. The lowest BCUT2D eigenvalue weighted by atomic mass is 9.81. The minimum Gasteiger partial charge on any atom is -0.464 e. The maximum Gasteiger partial charge on any atom is 0.137 e. The zero-order valence-corrected chi connectivity index (χ0v) is 11.3. The third kappa shape index (κ3) is 2.61. The Morgan fingerprint density at radius 2 is 2.26 bits per heavy atom. The summed E-state index contributed by atoms with van der Waals surface area (Å²) in [6, 6.07) is 4.80. The monoisotopic (exact) mass is 285 g/mol. The Labute approximate surface area is 117 Å². The van der Waals surface area contributed by atoms with Crippen LogP contribution in [0.3, 0.4) is 0 Å². The third-order valence-corrected chi connectivity index (χ3v) is 3.79. The molecule has 0 radical (unpaired) electrons. The quantitative estimate of drug-likeness (QED) is 0.892. The number of furan rings is 1. The molecule has 0 bridgehead atoms. The second-order valence-corrected chi connectivity index (χ2v) is 4.88. The first-order valence-corrected chi connectivity index (χ1v) is 6.28. The molecule has 0 unspecified atom stereocenters. The van der Waals surface area contributed by atoms with Gasteiger partial charge in [0.15, 0.2) is 0 Å². The van der Waals surface area contributed by atoms with Crippen molar-refractivity contribution in [2.75, 3.05) is 19.7 Å². The number of halogens is 2. The third-order valence-electron chi connectivity index (χ3n) is 3.79. The number of rotatable bonds is 2. The van der Waals surface area contributed by atoms with E-state index in [2.05, 4.69) is 5.32 Å². The molecule has 19 heavy (non-hydrogen) atoms. The second kappa shape index (κ2) is 5.90. The summed E-state index contributed by atoms with van der Waals surface area (Å²) in [5, 5.41) is 13.5. The minimum atomic E-state index is -0.242. The molecule has 2 atom stereocenters. The Balaban J connectivity index is 0.00000133. The normalized spacial score (nSPS) is 23.3. The van der Waals surface area contributed by atoms with E-state index in [9.17, 15) is 9.50 Å². The van der Waals surface area contributed by atoms with Gasteiger partial charge in [-0.2, -0.15) is 0 Å². The van der Waals surface area contributed by atoms with Gasteiger partial charge < -0.3 is 14.8 Å². The Kier molecular flexibility index (Phi) is 4.45. The topological polar surface area (TPSA) is 45.4 Å². The van der Waals surface area contributed by atoms with Gasteiger partial charge >= 0.3 is 0 Å². The molecule has 1 fully saturated rings. The number of benzene rings is 1. The van der Waals surface area contributed by atoms with Crippen molar-refractivity contribution in [2.45, 2.75) is 12.3 Å². The number of aliphatic hydroxyl groups excluding tert-OH is 1. The lowest BCUT2D eigenvalue weighted by molar-refractivity contribution is 0.179. The first-order valence-electron chi connectivity index (χ1n) is 6.28. The van der Waals surface area contributed by atoms with Crippen molar-refractivity contribution in [1.82, 2.24) is 5.32 Å². The van der Waals surface area contributed by atoms with E-state index in [4.69, 9.17) is 4.42 Å². The molecule has 0 saturated carbocycles. The Morgan fingerprint density at radius 1 is 1.42 bits per heavy atom. The summed E-state index contributed by atoms with van der Waals surface area (Å²) in [6.45, 7) is 1.76. The van der Waals surface area contributed by atoms with E-state index in [1.54, 1.807) is 18.4 Å². The van der Waals surface area contributed by atoms with Gasteiger partial charge in [0, 0.05) is 30.0 Å². The molecule has 5 heteroatoms. The largest absolute Gasteiger partial charge is 0.464 e. The summed E-state index contributed by atoms with van der Waals surface area (Å²) in [6.07, 6.45) is 2.48. The average molecular weight is 286 g/mol. The number of hydrogen-bond acceptors (Lipinski definition) is 3. The lowest BCUT2D eigenvalue weighted by Crippen LogP contribution is -2.37. The van der Waals surface area contributed by atoms with Crippen LogP contribution in [0, 0.1) is 11.7 Å². The number of aliphatic hydroxyl groups is 1. The molecular weight excluding hydrogens is 269 g/mol. The van der Waals surface area contributed by atoms with Crippen LogP contribution in [-0.2, 0) is 0 Å². The predicted molar refractivity (Wildman–Crippen MR) is 74.2 cm³/mol. The molecule has 1 aliphatic rings. The Morgan fingerprint density at radius 3 is 3.05 bits per heavy atom. The van der Waals surface area contributed by atoms with Crippen LogP contribution < -0.4 is 5.32 Å². The fraction of sp³-hybridized carbons (Fsp3) is 0.429. The van der Waals surface area contributed by atoms with E-state index >= 15 is 0 Å². The molecule has 3 nitrogen and oxygen atoms in total. The second-order valence-electron chi connectivity index (χ2n) is 4.88. The maximum absolute atomic E-state index is 13.6. The zero-order valence-electron chi connectivity index (χ0n) is 10.4. The van der Waals surface area contributed by atoms with Crippen LogP contribution in [0.15, 0.2) is 28.9 Å². The van der Waals surface area contributed by atoms with Crippen LogP contribution in [0.1, 0.15) is 17.9 Å². The highest BCUT2D eigenvalue weighted by Gasteiger charge is 2.28. The van der Waals surface area contributed by atoms with Crippen molar-refractivity contribution in [3.05, 3.63) is 35.8 Å². The molecule has 1 aromatic carbocycles. The van der Waals surface area contributed by atoms with E-state index < -0.39 is 0 Å². The van der Waals surface area contributed by atoms with Crippen LogP contribution in [0.25, 0.3) is 11.0 Å². The predicted octanol–water partition coefficient (Wildman–Crippen LogP) is 2.68. The fourth-order valence-corrected chi connectivity index (χ4v) is 2.87. The summed E-state index contributed by atoms with van der Waals surface area (Å²) in [5.74, 6) is 0.0311. The highest BCUT2D eigenvalue weighted by atomic mass is 35.5. The van der Waals surface area contributed by atoms with Gasteiger partial charge in [0.2, 0.25) is 0 Å². The van der Waals surface area contributed by atoms with Gasteiger partial charge in [-0.25, -0.2) is 4.39 Å². The van der Waals surface area contributed by atoms with Crippen molar-refractivity contribution in [3.63, 3.8) is 0 Å². The molecule has 1 aliphatic heterocycles. The van der Waals surface area contributed by atoms with Gasteiger partial charge in [0.25, 0.3) is 0 Å². The lowest BCUT2D eigenvalue weighted by Gasteiger charge is -2.31. The molecular formula is C14H17ClFNO2. The number of hydrogen-bond donors (Lipinski definition) is 2. The molecule has 1 saturated heterocycles. The number of nitrogens with one attached hydrogen (secondary N) is 1. The number of fused-ring (bicyclic) bond motifs is 1. The fourth-order valence-electron chi connectivity index (χ4n) is 2.87. The van der Waals surface area contributed by atoms with Gasteiger partial charge in [0.1, 0.15) is 11.4 Å². The smallest absolute Gasteiger partial charge is 0.137 e. The van der Waals surface area contributed by atoms with Crippen molar-refractivity contribution in [2.24, 2.45) is 5.92 Å². The summed E-state index contributed by atoms with van der Waals surface area (Å²) < 4.78 is 19.1. The number of piperidine rings is 1. The molecule has 0 aliphatic carbocycles. The van der Waals surface area contributed by atoms with Crippen molar-refractivity contribution in [1.29, 1.82) is 0 Å². The van der Waals surface area contributed by atoms with E-state index in [-0.39, 0.29) is 36.7 Å². The maximum atomic E-state index is 13.6. The Bertz CT molecular complexity index is 557. The molecule has 0 amide bonds. The van der Waals surface area contributed by atoms with Gasteiger partial charge in [-0.1, -0.05) is 0 Å². The van der Waals surface area contributed by atoms with Crippen molar-refractivity contribution < 1.29 is 13.9 Å². The average Bonchev–Trinajstić information content (AvgIpc) is 2.85. The van der Waals surface area contributed by atoms with Crippen LogP contribution in [-0.4, -0.2) is 24.8 Å². The molecule has 2 N–H and O–H groups in total. The van der Waals surface area contributed by atoms with Crippen LogP contribution in [0.5, 0.6) is 0 Å². The van der Waals surface area contributed by atoms with Gasteiger partial charge in [-0.15, -0.1) is 12.4 Å². The molecule has 3 rings (SSSR count). The highest BCUT2D eigenvalue weighted by molar-refractivity contribution is 5.85. The summed E-state index contributed by atoms with van der Waals surface area (Å²) in [4.78, 5) is 0.